The molecule has 1 aromatic heterocycles. The SMILES string of the molecule is CCCCN(C(=O)c1ccc(=O)[nH]n1)c1ccccc1. The number of carbonyl (C=O) groups excluding carboxylic acids is 1. The molecule has 2 rings (SSSR count). The fourth-order valence-electron chi connectivity index (χ4n) is 1.87. The van der Waals surface area contributed by atoms with Gasteiger partial charge in [0.15, 0.2) is 0 Å². The van der Waals surface area contributed by atoms with Crippen molar-refractivity contribution in [1.29, 1.82) is 0 Å². The van der Waals surface area contributed by atoms with E-state index in [9.17, 15) is 9.59 Å². The number of para-hydroxylation sites is 1. The van der Waals surface area contributed by atoms with Gasteiger partial charge in [0.05, 0.1) is 0 Å². The first-order valence-corrected chi connectivity index (χ1v) is 6.65. The fraction of sp³-hybridized carbons (Fsp3) is 0.267. The Morgan fingerprint density at radius 3 is 2.55 bits per heavy atom. The second-order valence-electron chi connectivity index (χ2n) is 4.45. The smallest absolute Gasteiger partial charge is 0.278 e. The highest BCUT2D eigenvalue weighted by Gasteiger charge is 2.18. The van der Waals surface area contributed by atoms with Gasteiger partial charge in [-0.25, -0.2) is 5.10 Å². The van der Waals surface area contributed by atoms with Crippen molar-refractivity contribution in [1.82, 2.24) is 10.2 Å². The average molecular weight is 271 g/mol. The minimum atomic E-state index is -0.318. The second-order valence-corrected chi connectivity index (χ2v) is 4.45. The lowest BCUT2D eigenvalue weighted by Crippen LogP contribution is -2.33. The molecule has 1 aromatic carbocycles. The Balaban J connectivity index is 2.28. The molecule has 0 unspecified atom stereocenters. The van der Waals surface area contributed by atoms with Gasteiger partial charge < -0.3 is 4.90 Å². The van der Waals surface area contributed by atoms with Gasteiger partial charge in [0.2, 0.25) is 0 Å². The number of aromatic nitrogens is 2. The predicted molar refractivity (Wildman–Crippen MR) is 77.9 cm³/mol. The van der Waals surface area contributed by atoms with Crippen LogP contribution in [-0.2, 0) is 0 Å². The van der Waals surface area contributed by atoms with E-state index in [0.29, 0.717) is 6.54 Å². The number of carbonyl (C=O) groups is 1. The van der Waals surface area contributed by atoms with Gasteiger partial charge in [-0.05, 0) is 24.6 Å². The number of anilines is 1. The Bertz CT molecular complexity index is 602. The quantitative estimate of drug-likeness (QED) is 0.906. The van der Waals surface area contributed by atoms with Crippen LogP contribution in [0.4, 0.5) is 5.69 Å². The highest BCUT2D eigenvalue weighted by atomic mass is 16.2. The minimum absolute atomic E-state index is 0.207. The summed E-state index contributed by atoms with van der Waals surface area (Å²) in [4.78, 5) is 25.2. The first-order chi connectivity index (χ1) is 9.72. The molecule has 5 heteroatoms. The van der Waals surface area contributed by atoms with E-state index in [-0.39, 0.29) is 17.2 Å². The molecular formula is C15H17N3O2. The highest BCUT2D eigenvalue weighted by Crippen LogP contribution is 2.16. The van der Waals surface area contributed by atoms with Crippen LogP contribution in [0.15, 0.2) is 47.3 Å². The van der Waals surface area contributed by atoms with E-state index < -0.39 is 0 Å². The second kappa shape index (κ2) is 6.65. The zero-order valence-corrected chi connectivity index (χ0v) is 11.4. The van der Waals surface area contributed by atoms with Gasteiger partial charge >= 0.3 is 0 Å². The van der Waals surface area contributed by atoms with Gasteiger partial charge in [-0.3, -0.25) is 9.59 Å². The molecule has 1 heterocycles. The van der Waals surface area contributed by atoms with E-state index >= 15 is 0 Å². The van der Waals surface area contributed by atoms with Crippen molar-refractivity contribution in [3.05, 3.63) is 58.5 Å². The van der Waals surface area contributed by atoms with Crippen LogP contribution in [0.3, 0.4) is 0 Å². The fourth-order valence-corrected chi connectivity index (χ4v) is 1.87. The van der Waals surface area contributed by atoms with Gasteiger partial charge in [-0.2, -0.15) is 5.10 Å². The zero-order valence-electron chi connectivity index (χ0n) is 11.4. The lowest BCUT2D eigenvalue weighted by Gasteiger charge is -2.22. The molecule has 1 amide bonds. The molecule has 0 atom stereocenters. The van der Waals surface area contributed by atoms with Crippen LogP contribution >= 0.6 is 0 Å². The molecule has 0 spiro atoms. The molecule has 0 aliphatic heterocycles. The molecule has 0 fully saturated rings. The van der Waals surface area contributed by atoms with Crippen molar-refractivity contribution in [2.75, 3.05) is 11.4 Å². The van der Waals surface area contributed by atoms with Crippen LogP contribution in [0.1, 0.15) is 30.3 Å². The zero-order chi connectivity index (χ0) is 14.4. The van der Waals surface area contributed by atoms with Crippen LogP contribution in [0, 0.1) is 0 Å². The number of benzene rings is 1. The summed E-state index contributed by atoms with van der Waals surface area (Å²) in [6.45, 7) is 2.70. The van der Waals surface area contributed by atoms with Crippen LogP contribution < -0.4 is 10.5 Å². The van der Waals surface area contributed by atoms with E-state index in [0.717, 1.165) is 18.5 Å². The van der Waals surface area contributed by atoms with Gasteiger partial charge in [-0.15, -0.1) is 0 Å². The Kier molecular flexibility index (Phi) is 4.65. The maximum Gasteiger partial charge on any atom is 0.278 e. The number of unbranched alkanes of at least 4 members (excludes halogenated alkanes) is 1. The summed E-state index contributed by atoms with van der Waals surface area (Å²) in [6, 6.07) is 12.2. The largest absolute Gasteiger partial charge is 0.307 e. The summed E-state index contributed by atoms with van der Waals surface area (Å²) in [5, 5.41) is 6.09. The molecule has 20 heavy (non-hydrogen) atoms. The van der Waals surface area contributed by atoms with E-state index in [1.165, 1.54) is 12.1 Å². The summed E-state index contributed by atoms with van der Waals surface area (Å²) in [7, 11) is 0. The highest BCUT2D eigenvalue weighted by molar-refractivity contribution is 6.04. The predicted octanol–water partition coefficient (Wildman–Crippen LogP) is 2.22. The lowest BCUT2D eigenvalue weighted by molar-refractivity contribution is 0.0980. The first kappa shape index (κ1) is 14.0. The number of nitrogens with one attached hydrogen (secondary N) is 1. The normalized spacial score (nSPS) is 10.2. The van der Waals surface area contributed by atoms with Crippen molar-refractivity contribution in [3.63, 3.8) is 0 Å². The van der Waals surface area contributed by atoms with Crippen LogP contribution in [0.2, 0.25) is 0 Å². The third kappa shape index (κ3) is 3.32. The van der Waals surface area contributed by atoms with Crippen molar-refractivity contribution in [2.45, 2.75) is 19.8 Å². The molecule has 0 saturated heterocycles. The van der Waals surface area contributed by atoms with Gasteiger partial charge in [0, 0.05) is 18.3 Å². The van der Waals surface area contributed by atoms with Crippen LogP contribution in [0.5, 0.6) is 0 Å². The summed E-state index contributed by atoms with van der Waals surface area (Å²) >= 11 is 0. The van der Waals surface area contributed by atoms with E-state index in [4.69, 9.17) is 0 Å². The van der Waals surface area contributed by atoms with Crippen LogP contribution in [-0.4, -0.2) is 22.6 Å². The number of nitrogens with zero attached hydrogens (tertiary/aromatic N) is 2. The molecule has 2 aromatic rings. The van der Waals surface area contributed by atoms with Crippen molar-refractivity contribution >= 4 is 11.6 Å². The summed E-state index contributed by atoms with van der Waals surface area (Å²) in [5.74, 6) is -0.207. The van der Waals surface area contributed by atoms with E-state index in [1.807, 2.05) is 30.3 Å². The van der Waals surface area contributed by atoms with Gasteiger partial charge in [0.1, 0.15) is 5.69 Å². The Morgan fingerprint density at radius 1 is 1.20 bits per heavy atom. The summed E-state index contributed by atoms with van der Waals surface area (Å²) in [5.41, 5.74) is 0.755. The van der Waals surface area contributed by atoms with Crippen molar-refractivity contribution < 1.29 is 4.79 Å². The summed E-state index contributed by atoms with van der Waals surface area (Å²) < 4.78 is 0. The first-order valence-electron chi connectivity index (χ1n) is 6.65. The lowest BCUT2D eigenvalue weighted by atomic mass is 10.2. The summed E-state index contributed by atoms with van der Waals surface area (Å²) in [6.07, 6.45) is 1.90. The molecule has 0 saturated carbocycles. The molecule has 0 radical (unpaired) electrons. The number of hydrogen-bond donors (Lipinski definition) is 1. The molecule has 5 nitrogen and oxygen atoms in total. The van der Waals surface area contributed by atoms with Gasteiger partial charge in [-0.1, -0.05) is 31.5 Å². The Labute approximate surface area is 117 Å². The molecule has 104 valence electrons. The molecule has 0 aliphatic carbocycles. The monoisotopic (exact) mass is 271 g/mol. The maximum absolute atomic E-state index is 12.5. The van der Waals surface area contributed by atoms with E-state index in [2.05, 4.69) is 17.1 Å². The Morgan fingerprint density at radius 2 is 1.95 bits per heavy atom. The van der Waals surface area contributed by atoms with Gasteiger partial charge in [0.25, 0.3) is 11.5 Å². The topological polar surface area (TPSA) is 66.1 Å². The number of amides is 1. The standard InChI is InChI=1S/C15H17N3O2/c1-2-3-11-18(12-7-5-4-6-8-12)15(20)13-9-10-14(19)17-16-13/h4-10H,2-3,11H2,1H3,(H,17,19). The molecule has 0 aliphatic rings. The number of rotatable bonds is 5. The third-order valence-electron chi connectivity index (χ3n) is 2.95. The van der Waals surface area contributed by atoms with E-state index in [1.54, 1.807) is 4.90 Å². The molecule has 1 N–H and O–H groups in total. The van der Waals surface area contributed by atoms with Crippen molar-refractivity contribution in [3.8, 4) is 0 Å². The number of aromatic amines is 1. The Hall–Kier alpha value is -2.43. The number of H-pyrrole nitrogens is 1. The maximum atomic E-state index is 12.5. The third-order valence-corrected chi connectivity index (χ3v) is 2.95. The van der Waals surface area contributed by atoms with Crippen LogP contribution in [0.25, 0.3) is 0 Å². The average Bonchev–Trinajstić information content (AvgIpc) is 2.49. The molecule has 0 bridgehead atoms. The van der Waals surface area contributed by atoms with Crippen molar-refractivity contribution in [2.24, 2.45) is 0 Å². The number of hydrogen-bond acceptors (Lipinski definition) is 3. The molecular weight excluding hydrogens is 254 g/mol. The minimum Gasteiger partial charge on any atom is -0.307 e.